The second-order valence-corrected chi connectivity index (χ2v) is 9.05. The maximum atomic E-state index is 12.5. The van der Waals surface area contributed by atoms with E-state index in [1.807, 2.05) is 19.9 Å². The molecular formula is C21H20Cl3N5O2S. The first-order chi connectivity index (χ1) is 15.2. The molecular weight excluding hydrogens is 493 g/mol. The number of amides is 2. The molecule has 0 saturated carbocycles. The summed E-state index contributed by atoms with van der Waals surface area (Å²) >= 11 is 19.2. The van der Waals surface area contributed by atoms with E-state index in [1.54, 1.807) is 34.9 Å². The highest BCUT2D eigenvalue weighted by atomic mass is 35.5. The number of thioether (sulfide) groups is 1. The molecule has 0 aliphatic heterocycles. The molecule has 0 bridgehead atoms. The van der Waals surface area contributed by atoms with Crippen LogP contribution in [0.25, 0.3) is 0 Å². The van der Waals surface area contributed by atoms with Gasteiger partial charge >= 0.3 is 0 Å². The normalized spacial score (nSPS) is 10.8. The Morgan fingerprint density at radius 1 is 0.969 bits per heavy atom. The Bertz CT molecular complexity index is 1130. The van der Waals surface area contributed by atoms with Gasteiger partial charge < -0.3 is 15.2 Å². The molecule has 0 spiro atoms. The van der Waals surface area contributed by atoms with Crippen LogP contribution >= 0.6 is 46.6 Å². The lowest BCUT2D eigenvalue weighted by Gasteiger charge is -2.09. The second-order valence-electron chi connectivity index (χ2n) is 6.83. The topological polar surface area (TPSA) is 88.9 Å². The zero-order valence-corrected chi connectivity index (χ0v) is 20.4. The van der Waals surface area contributed by atoms with Crippen LogP contribution in [0.15, 0.2) is 41.6 Å². The number of aryl methyl sites for hydroxylation is 1. The summed E-state index contributed by atoms with van der Waals surface area (Å²) in [6, 6.07) is 10.1. The van der Waals surface area contributed by atoms with Crippen LogP contribution in [0, 0.1) is 6.92 Å². The fourth-order valence-corrected chi connectivity index (χ4v) is 4.37. The fourth-order valence-electron chi connectivity index (χ4n) is 2.85. The lowest BCUT2D eigenvalue weighted by molar-refractivity contribution is -0.116. The number of rotatable bonds is 8. The van der Waals surface area contributed by atoms with Crippen molar-refractivity contribution in [1.29, 1.82) is 0 Å². The lowest BCUT2D eigenvalue weighted by atomic mass is 10.2. The van der Waals surface area contributed by atoms with E-state index in [-0.39, 0.29) is 24.0 Å². The second kappa shape index (κ2) is 11.0. The van der Waals surface area contributed by atoms with Crippen molar-refractivity contribution in [2.75, 3.05) is 16.4 Å². The first-order valence-corrected chi connectivity index (χ1v) is 11.7. The third-order valence-electron chi connectivity index (χ3n) is 4.36. The van der Waals surface area contributed by atoms with Crippen molar-refractivity contribution in [2.24, 2.45) is 0 Å². The Balaban J connectivity index is 1.59. The minimum absolute atomic E-state index is 0.0418. The molecule has 2 amide bonds. The fraction of sp³-hybridized carbons (Fsp3) is 0.238. The predicted octanol–water partition coefficient (Wildman–Crippen LogP) is 5.48. The molecule has 7 nitrogen and oxygen atoms in total. The summed E-state index contributed by atoms with van der Waals surface area (Å²) < 4.78 is 1.80. The van der Waals surface area contributed by atoms with Crippen LogP contribution < -0.4 is 10.6 Å². The van der Waals surface area contributed by atoms with Crippen molar-refractivity contribution in [3.05, 3.63) is 62.9 Å². The van der Waals surface area contributed by atoms with Crippen molar-refractivity contribution in [3.63, 3.8) is 0 Å². The van der Waals surface area contributed by atoms with E-state index < -0.39 is 0 Å². The highest BCUT2D eigenvalue weighted by Gasteiger charge is 2.16. The van der Waals surface area contributed by atoms with Gasteiger partial charge in [0, 0.05) is 33.0 Å². The highest BCUT2D eigenvalue weighted by Crippen LogP contribution is 2.24. The van der Waals surface area contributed by atoms with E-state index in [1.165, 1.54) is 11.8 Å². The van der Waals surface area contributed by atoms with Gasteiger partial charge in [0.05, 0.1) is 12.2 Å². The van der Waals surface area contributed by atoms with Crippen LogP contribution in [-0.4, -0.2) is 32.3 Å². The van der Waals surface area contributed by atoms with E-state index in [2.05, 4.69) is 20.8 Å². The van der Waals surface area contributed by atoms with E-state index in [9.17, 15) is 9.59 Å². The van der Waals surface area contributed by atoms with Crippen LogP contribution in [0.3, 0.4) is 0 Å². The monoisotopic (exact) mass is 511 g/mol. The van der Waals surface area contributed by atoms with Crippen LogP contribution in [0.4, 0.5) is 11.4 Å². The summed E-state index contributed by atoms with van der Waals surface area (Å²) in [7, 11) is 0. The molecule has 32 heavy (non-hydrogen) atoms. The number of hydrogen-bond acceptors (Lipinski definition) is 5. The van der Waals surface area contributed by atoms with Gasteiger partial charge in [0.2, 0.25) is 11.8 Å². The maximum absolute atomic E-state index is 12.5. The minimum atomic E-state index is -0.241. The Kier molecular flexibility index (Phi) is 8.42. The van der Waals surface area contributed by atoms with Gasteiger partial charge in [-0.1, -0.05) is 52.6 Å². The first-order valence-electron chi connectivity index (χ1n) is 9.62. The SMILES string of the molecule is CCn1c(CC(=O)Nc2ccc(C)c(Cl)c2)nnc1SCC(=O)Nc1cc(Cl)cc(Cl)c1. The summed E-state index contributed by atoms with van der Waals surface area (Å²) in [5.74, 6) is 0.137. The van der Waals surface area contributed by atoms with Crippen LogP contribution in [0.2, 0.25) is 15.1 Å². The summed E-state index contributed by atoms with van der Waals surface area (Å²) in [6.45, 7) is 4.36. The molecule has 2 aromatic carbocycles. The van der Waals surface area contributed by atoms with Gasteiger partial charge in [0.15, 0.2) is 5.16 Å². The van der Waals surface area contributed by atoms with Crippen LogP contribution in [-0.2, 0) is 22.6 Å². The van der Waals surface area contributed by atoms with Crippen molar-refractivity contribution in [1.82, 2.24) is 14.8 Å². The van der Waals surface area contributed by atoms with Crippen LogP contribution in [0.1, 0.15) is 18.3 Å². The summed E-state index contributed by atoms with van der Waals surface area (Å²) in [5, 5.41) is 15.8. The molecule has 1 aromatic heterocycles. The zero-order valence-electron chi connectivity index (χ0n) is 17.3. The number of aromatic nitrogens is 3. The number of nitrogens with one attached hydrogen (secondary N) is 2. The summed E-state index contributed by atoms with van der Waals surface area (Å²) in [4.78, 5) is 24.7. The molecule has 0 unspecified atom stereocenters. The van der Waals surface area contributed by atoms with Gasteiger partial charge in [0.1, 0.15) is 5.82 Å². The Morgan fingerprint density at radius 3 is 2.31 bits per heavy atom. The highest BCUT2D eigenvalue weighted by molar-refractivity contribution is 7.99. The number of halogens is 3. The third kappa shape index (κ3) is 6.62. The standard InChI is InChI=1S/C21H20Cl3N5O2S/c1-3-29-18(10-19(30)25-15-5-4-12(2)17(24)9-15)27-28-21(29)32-11-20(31)26-16-7-13(22)6-14(23)8-16/h4-9H,3,10-11H2,1-2H3,(H,25,30)(H,26,31). The number of carbonyl (C=O) groups is 2. The molecule has 0 aliphatic rings. The maximum Gasteiger partial charge on any atom is 0.234 e. The van der Waals surface area contributed by atoms with Gasteiger partial charge in [-0.15, -0.1) is 10.2 Å². The molecule has 2 N–H and O–H groups in total. The average molecular weight is 513 g/mol. The quantitative estimate of drug-likeness (QED) is 0.390. The van der Waals surface area contributed by atoms with Crippen molar-refractivity contribution in [3.8, 4) is 0 Å². The molecule has 1 heterocycles. The largest absolute Gasteiger partial charge is 0.326 e. The minimum Gasteiger partial charge on any atom is -0.326 e. The van der Waals surface area contributed by atoms with Crippen molar-refractivity contribution in [2.45, 2.75) is 32.0 Å². The predicted molar refractivity (Wildman–Crippen MR) is 130 cm³/mol. The third-order valence-corrected chi connectivity index (χ3v) is 6.17. The summed E-state index contributed by atoms with van der Waals surface area (Å²) in [5.41, 5.74) is 2.05. The molecule has 168 valence electrons. The molecule has 0 aliphatic carbocycles. The van der Waals surface area contributed by atoms with Gasteiger partial charge in [-0.3, -0.25) is 9.59 Å². The van der Waals surface area contributed by atoms with Crippen molar-refractivity contribution >= 4 is 69.8 Å². The molecule has 0 fully saturated rings. The number of hydrogen-bond donors (Lipinski definition) is 2. The average Bonchev–Trinajstić information content (AvgIpc) is 3.09. The smallest absolute Gasteiger partial charge is 0.234 e. The lowest BCUT2D eigenvalue weighted by Crippen LogP contribution is -2.18. The molecule has 3 rings (SSSR count). The van der Waals surface area contributed by atoms with Crippen molar-refractivity contribution < 1.29 is 9.59 Å². The number of nitrogens with zero attached hydrogens (tertiary/aromatic N) is 3. The van der Waals surface area contributed by atoms with E-state index in [4.69, 9.17) is 34.8 Å². The van der Waals surface area contributed by atoms with E-state index >= 15 is 0 Å². The van der Waals surface area contributed by atoms with Crippen LogP contribution in [0.5, 0.6) is 0 Å². The number of benzene rings is 2. The summed E-state index contributed by atoms with van der Waals surface area (Å²) in [6.07, 6.45) is 0.0418. The van der Waals surface area contributed by atoms with Gasteiger partial charge in [0.25, 0.3) is 0 Å². The number of anilines is 2. The molecule has 11 heteroatoms. The Hall–Kier alpha value is -2.26. The molecule has 0 radical (unpaired) electrons. The van der Waals surface area contributed by atoms with E-state index in [0.717, 1.165) is 5.56 Å². The molecule has 0 saturated heterocycles. The Morgan fingerprint density at radius 2 is 1.66 bits per heavy atom. The molecule has 3 aromatic rings. The Labute approximate surface area is 204 Å². The zero-order chi connectivity index (χ0) is 23.3. The number of carbonyl (C=O) groups excluding carboxylic acids is 2. The molecule has 0 atom stereocenters. The van der Waals surface area contributed by atoms with Gasteiger partial charge in [-0.25, -0.2) is 0 Å². The first kappa shape index (κ1) is 24.4. The van der Waals surface area contributed by atoms with Gasteiger partial charge in [-0.2, -0.15) is 0 Å². The van der Waals surface area contributed by atoms with Gasteiger partial charge in [-0.05, 0) is 49.7 Å². The van der Waals surface area contributed by atoms with E-state index in [0.29, 0.717) is 44.0 Å².